The molecular weight excluding hydrogens is 183 g/mol. The molecule has 2 aromatic rings. The molecule has 72 valence electrons. The SMILES string of the molecule is Cc1c[nH]c(=O)n1-c1cccc(F)c1. The third kappa shape index (κ3) is 1.35. The minimum Gasteiger partial charge on any atom is -0.312 e. The van der Waals surface area contributed by atoms with E-state index in [4.69, 9.17) is 0 Å². The van der Waals surface area contributed by atoms with E-state index in [1.165, 1.54) is 16.7 Å². The molecule has 14 heavy (non-hydrogen) atoms. The van der Waals surface area contributed by atoms with Gasteiger partial charge in [-0.15, -0.1) is 0 Å². The molecule has 0 aliphatic heterocycles. The van der Waals surface area contributed by atoms with Crippen molar-refractivity contribution in [2.45, 2.75) is 6.92 Å². The van der Waals surface area contributed by atoms with Gasteiger partial charge in [-0.3, -0.25) is 4.57 Å². The molecule has 1 aromatic carbocycles. The maximum absolute atomic E-state index is 12.9. The summed E-state index contributed by atoms with van der Waals surface area (Å²) >= 11 is 0. The number of aryl methyl sites for hydroxylation is 1. The van der Waals surface area contributed by atoms with Crippen molar-refractivity contribution in [1.29, 1.82) is 0 Å². The van der Waals surface area contributed by atoms with E-state index in [0.29, 0.717) is 5.69 Å². The highest BCUT2D eigenvalue weighted by molar-refractivity contribution is 5.33. The molecule has 0 fully saturated rings. The Kier molecular flexibility index (Phi) is 1.96. The lowest BCUT2D eigenvalue weighted by molar-refractivity contribution is 0.626. The molecule has 1 heterocycles. The minimum absolute atomic E-state index is 0.256. The van der Waals surface area contributed by atoms with E-state index >= 15 is 0 Å². The molecule has 0 aliphatic rings. The molecule has 0 amide bonds. The van der Waals surface area contributed by atoms with Gasteiger partial charge in [0.1, 0.15) is 5.82 Å². The Morgan fingerprint density at radius 2 is 2.21 bits per heavy atom. The van der Waals surface area contributed by atoms with Gasteiger partial charge in [0.15, 0.2) is 0 Å². The van der Waals surface area contributed by atoms with E-state index in [2.05, 4.69) is 4.98 Å². The Balaban J connectivity index is 2.66. The summed E-state index contributed by atoms with van der Waals surface area (Å²) in [6, 6.07) is 5.92. The van der Waals surface area contributed by atoms with Crippen LogP contribution in [0.3, 0.4) is 0 Å². The zero-order chi connectivity index (χ0) is 10.1. The first-order chi connectivity index (χ1) is 6.68. The second-order valence-corrected chi connectivity index (χ2v) is 3.05. The third-order valence-electron chi connectivity index (χ3n) is 2.03. The van der Waals surface area contributed by atoms with Gasteiger partial charge in [0.25, 0.3) is 0 Å². The summed E-state index contributed by atoms with van der Waals surface area (Å²) in [7, 11) is 0. The van der Waals surface area contributed by atoms with Crippen LogP contribution < -0.4 is 5.69 Å². The largest absolute Gasteiger partial charge is 0.330 e. The van der Waals surface area contributed by atoms with E-state index in [-0.39, 0.29) is 11.5 Å². The van der Waals surface area contributed by atoms with Gasteiger partial charge in [0.2, 0.25) is 0 Å². The van der Waals surface area contributed by atoms with Crippen molar-refractivity contribution in [3.05, 3.63) is 52.5 Å². The maximum Gasteiger partial charge on any atom is 0.330 e. The molecule has 2 rings (SSSR count). The molecule has 3 nitrogen and oxygen atoms in total. The van der Waals surface area contributed by atoms with Gasteiger partial charge in [0.05, 0.1) is 5.69 Å². The number of halogens is 1. The smallest absolute Gasteiger partial charge is 0.312 e. The lowest BCUT2D eigenvalue weighted by Crippen LogP contribution is -2.15. The van der Waals surface area contributed by atoms with Crippen LogP contribution in [0.4, 0.5) is 4.39 Å². The van der Waals surface area contributed by atoms with Crippen molar-refractivity contribution in [3.63, 3.8) is 0 Å². The molecule has 0 atom stereocenters. The third-order valence-corrected chi connectivity index (χ3v) is 2.03. The van der Waals surface area contributed by atoms with Gasteiger partial charge >= 0.3 is 5.69 Å². The maximum atomic E-state index is 12.9. The van der Waals surface area contributed by atoms with E-state index in [1.807, 2.05) is 0 Å². The van der Waals surface area contributed by atoms with Gasteiger partial charge in [-0.1, -0.05) is 6.07 Å². The molecule has 0 radical (unpaired) electrons. The number of rotatable bonds is 1. The highest BCUT2D eigenvalue weighted by atomic mass is 19.1. The number of aromatic amines is 1. The predicted octanol–water partition coefficient (Wildman–Crippen LogP) is 1.61. The zero-order valence-electron chi connectivity index (χ0n) is 7.62. The summed E-state index contributed by atoms with van der Waals surface area (Å²) in [5.74, 6) is -0.352. The van der Waals surface area contributed by atoms with Crippen molar-refractivity contribution >= 4 is 0 Å². The highest BCUT2D eigenvalue weighted by Crippen LogP contribution is 2.09. The summed E-state index contributed by atoms with van der Waals surface area (Å²) < 4.78 is 14.3. The van der Waals surface area contributed by atoms with Gasteiger partial charge in [-0.05, 0) is 25.1 Å². The lowest BCUT2D eigenvalue weighted by atomic mass is 10.3. The van der Waals surface area contributed by atoms with E-state index < -0.39 is 0 Å². The fraction of sp³-hybridized carbons (Fsp3) is 0.100. The molecule has 1 N–H and O–H groups in total. The monoisotopic (exact) mass is 192 g/mol. The standard InChI is InChI=1S/C10H9FN2O/c1-7-6-12-10(14)13(7)9-4-2-3-8(11)5-9/h2-6H,1H3,(H,12,14). The van der Waals surface area contributed by atoms with Gasteiger partial charge in [-0.2, -0.15) is 0 Å². The quantitative estimate of drug-likeness (QED) is 0.732. The fourth-order valence-electron chi connectivity index (χ4n) is 1.39. The second kappa shape index (κ2) is 3.14. The molecule has 4 heteroatoms. The fourth-order valence-corrected chi connectivity index (χ4v) is 1.39. The van der Waals surface area contributed by atoms with Gasteiger partial charge < -0.3 is 4.98 Å². The van der Waals surface area contributed by atoms with Crippen LogP contribution in [0.2, 0.25) is 0 Å². The molecule has 0 bridgehead atoms. The summed E-state index contributed by atoms with van der Waals surface area (Å²) in [5, 5.41) is 0. The lowest BCUT2D eigenvalue weighted by Gasteiger charge is -2.02. The number of hydrogen-bond acceptors (Lipinski definition) is 1. The number of hydrogen-bond donors (Lipinski definition) is 1. The number of benzene rings is 1. The van der Waals surface area contributed by atoms with Crippen LogP contribution in [-0.2, 0) is 0 Å². The van der Waals surface area contributed by atoms with Gasteiger partial charge in [0, 0.05) is 11.9 Å². The average Bonchev–Trinajstić information content (AvgIpc) is 2.46. The molecule has 0 unspecified atom stereocenters. The average molecular weight is 192 g/mol. The van der Waals surface area contributed by atoms with Crippen LogP contribution in [-0.4, -0.2) is 9.55 Å². The second-order valence-electron chi connectivity index (χ2n) is 3.05. The molecule has 0 saturated heterocycles. The first-order valence-corrected chi connectivity index (χ1v) is 4.21. The topological polar surface area (TPSA) is 37.8 Å². The molecule has 1 aromatic heterocycles. The predicted molar refractivity (Wildman–Crippen MR) is 51.1 cm³/mol. The first-order valence-electron chi connectivity index (χ1n) is 4.21. The Morgan fingerprint density at radius 3 is 2.79 bits per heavy atom. The summed E-state index contributed by atoms with van der Waals surface area (Å²) in [4.78, 5) is 13.9. The Bertz CT molecular complexity index is 513. The summed E-state index contributed by atoms with van der Waals surface area (Å²) in [5.41, 5.74) is 1.03. The zero-order valence-corrected chi connectivity index (χ0v) is 7.62. The van der Waals surface area contributed by atoms with Crippen LogP contribution in [0.5, 0.6) is 0 Å². The van der Waals surface area contributed by atoms with Crippen LogP contribution in [0.25, 0.3) is 5.69 Å². The Morgan fingerprint density at radius 1 is 1.43 bits per heavy atom. The molecular formula is C10H9FN2O. The Hall–Kier alpha value is -1.84. The first kappa shape index (κ1) is 8.74. The molecule has 0 aliphatic carbocycles. The van der Waals surface area contributed by atoms with Crippen molar-refractivity contribution in [3.8, 4) is 5.69 Å². The van der Waals surface area contributed by atoms with E-state index in [9.17, 15) is 9.18 Å². The van der Waals surface area contributed by atoms with Crippen LogP contribution in [0, 0.1) is 12.7 Å². The number of aromatic nitrogens is 2. The number of imidazole rings is 1. The van der Waals surface area contributed by atoms with Crippen molar-refractivity contribution in [2.24, 2.45) is 0 Å². The summed E-state index contributed by atoms with van der Waals surface area (Å²) in [6.45, 7) is 1.78. The summed E-state index contributed by atoms with van der Waals surface area (Å²) in [6.07, 6.45) is 1.59. The van der Waals surface area contributed by atoms with Crippen LogP contribution in [0.1, 0.15) is 5.69 Å². The number of nitrogens with one attached hydrogen (secondary N) is 1. The van der Waals surface area contributed by atoms with Crippen molar-refractivity contribution in [2.75, 3.05) is 0 Å². The van der Waals surface area contributed by atoms with Crippen LogP contribution in [0.15, 0.2) is 35.3 Å². The number of H-pyrrole nitrogens is 1. The minimum atomic E-state index is -0.352. The number of nitrogens with zero attached hydrogens (tertiary/aromatic N) is 1. The normalized spacial score (nSPS) is 10.4. The van der Waals surface area contributed by atoms with Crippen molar-refractivity contribution < 1.29 is 4.39 Å². The highest BCUT2D eigenvalue weighted by Gasteiger charge is 2.04. The van der Waals surface area contributed by atoms with E-state index in [1.54, 1.807) is 25.3 Å². The Labute approximate surface area is 79.8 Å². The molecule has 0 saturated carbocycles. The van der Waals surface area contributed by atoms with Gasteiger partial charge in [-0.25, -0.2) is 9.18 Å². The molecule has 0 spiro atoms. The van der Waals surface area contributed by atoms with E-state index in [0.717, 1.165) is 5.69 Å². The van der Waals surface area contributed by atoms with Crippen molar-refractivity contribution in [1.82, 2.24) is 9.55 Å². The van der Waals surface area contributed by atoms with Crippen LogP contribution >= 0.6 is 0 Å².